The van der Waals surface area contributed by atoms with E-state index >= 15 is 0 Å². The zero-order chi connectivity index (χ0) is 9.90. The van der Waals surface area contributed by atoms with Crippen LogP contribution in [0.25, 0.3) is 0 Å². The van der Waals surface area contributed by atoms with Gasteiger partial charge in [0.1, 0.15) is 0 Å². The molecule has 13 heavy (non-hydrogen) atoms. The van der Waals surface area contributed by atoms with Gasteiger partial charge in [-0.2, -0.15) is 0 Å². The fraction of sp³-hybridized carbons (Fsp3) is 1.00. The van der Waals surface area contributed by atoms with Crippen molar-refractivity contribution < 1.29 is 0 Å². The first-order chi connectivity index (χ1) is 6.06. The lowest BCUT2D eigenvalue weighted by Gasteiger charge is -2.48. The van der Waals surface area contributed by atoms with Crippen LogP contribution in [0.2, 0.25) is 0 Å². The molecule has 0 spiro atoms. The molecule has 0 aliphatic carbocycles. The molecule has 0 aromatic heterocycles. The summed E-state index contributed by atoms with van der Waals surface area (Å²) < 4.78 is 0. The van der Waals surface area contributed by atoms with Crippen molar-refractivity contribution >= 4 is 0 Å². The second-order valence-electron chi connectivity index (χ2n) is 5.01. The zero-order valence-electron chi connectivity index (χ0n) is 9.34. The van der Waals surface area contributed by atoms with Crippen molar-refractivity contribution in [3.8, 4) is 0 Å². The van der Waals surface area contributed by atoms with E-state index in [0.717, 1.165) is 19.0 Å². The van der Waals surface area contributed by atoms with Gasteiger partial charge in [-0.05, 0) is 25.3 Å². The molecule has 2 heteroatoms. The maximum atomic E-state index is 6.17. The Balaban J connectivity index is 2.10. The molecule has 2 N–H and O–H groups in total. The van der Waals surface area contributed by atoms with Crippen LogP contribution in [0.4, 0.5) is 0 Å². The van der Waals surface area contributed by atoms with E-state index in [9.17, 15) is 0 Å². The van der Waals surface area contributed by atoms with Crippen LogP contribution in [0.1, 0.15) is 40.0 Å². The Labute approximate surface area is 82.5 Å². The minimum Gasteiger partial charge on any atom is -0.323 e. The van der Waals surface area contributed by atoms with E-state index in [0.29, 0.717) is 0 Å². The summed E-state index contributed by atoms with van der Waals surface area (Å²) >= 11 is 0. The third-order valence-corrected chi connectivity index (χ3v) is 2.85. The maximum absolute atomic E-state index is 6.17. The molecule has 0 atom stereocenters. The van der Waals surface area contributed by atoms with E-state index in [1.54, 1.807) is 0 Å². The van der Waals surface area contributed by atoms with Crippen LogP contribution in [0.3, 0.4) is 0 Å². The monoisotopic (exact) mass is 184 g/mol. The summed E-state index contributed by atoms with van der Waals surface area (Å²) in [6.07, 6.45) is 3.71. The molecule has 1 aliphatic rings. The Kier molecular flexibility index (Phi) is 3.74. The summed E-state index contributed by atoms with van der Waals surface area (Å²) in [6.45, 7) is 10.2. The number of nitrogens with two attached hydrogens (primary N) is 1. The second kappa shape index (κ2) is 4.43. The Morgan fingerprint density at radius 1 is 1.38 bits per heavy atom. The quantitative estimate of drug-likeness (QED) is 0.706. The lowest BCUT2D eigenvalue weighted by molar-refractivity contribution is 0.0598. The molecule has 2 nitrogen and oxygen atoms in total. The molecule has 1 aliphatic heterocycles. The maximum Gasteiger partial charge on any atom is 0.0412 e. The summed E-state index contributed by atoms with van der Waals surface area (Å²) in [7, 11) is 0. The molecule has 1 rings (SSSR count). The van der Waals surface area contributed by atoms with Crippen molar-refractivity contribution in [3.05, 3.63) is 0 Å². The number of rotatable bonds is 5. The van der Waals surface area contributed by atoms with Crippen LogP contribution in [0, 0.1) is 5.92 Å². The first-order valence-electron chi connectivity index (χ1n) is 5.57. The number of hydrogen-bond donors (Lipinski definition) is 1. The first kappa shape index (κ1) is 11.0. The Bertz CT molecular complexity index is 148. The fourth-order valence-electron chi connectivity index (χ4n) is 2.10. The minimum absolute atomic E-state index is 0.158. The van der Waals surface area contributed by atoms with E-state index in [1.165, 1.54) is 25.8 Å². The van der Waals surface area contributed by atoms with Gasteiger partial charge >= 0.3 is 0 Å². The van der Waals surface area contributed by atoms with Crippen LogP contribution in [-0.4, -0.2) is 30.1 Å². The summed E-state index contributed by atoms with van der Waals surface area (Å²) in [4.78, 5) is 2.48. The largest absolute Gasteiger partial charge is 0.323 e. The topological polar surface area (TPSA) is 29.3 Å². The lowest BCUT2D eigenvalue weighted by Crippen LogP contribution is -2.67. The van der Waals surface area contributed by atoms with E-state index in [2.05, 4.69) is 25.7 Å². The predicted molar refractivity (Wildman–Crippen MR) is 57.7 cm³/mol. The van der Waals surface area contributed by atoms with Crippen molar-refractivity contribution in [3.63, 3.8) is 0 Å². The van der Waals surface area contributed by atoms with Gasteiger partial charge in [0.2, 0.25) is 0 Å². The van der Waals surface area contributed by atoms with Gasteiger partial charge in [0, 0.05) is 18.6 Å². The molecule has 1 saturated heterocycles. The van der Waals surface area contributed by atoms with Crippen molar-refractivity contribution in [1.82, 2.24) is 4.90 Å². The minimum atomic E-state index is 0.158. The zero-order valence-corrected chi connectivity index (χ0v) is 9.34. The number of likely N-dealkylation sites (tertiary alicyclic amines) is 1. The van der Waals surface area contributed by atoms with Gasteiger partial charge in [0.05, 0.1) is 0 Å². The molecule has 0 bridgehead atoms. The summed E-state index contributed by atoms with van der Waals surface area (Å²) in [5.74, 6) is 0.818. The smallest absolute Gasteiger partial charge is 0.0412 e. The molecule has 78 valence electrons. The lowest BCUT2D eigenvalue weighted by atomic mass is 9.86. The molecule has 1 heterocycles. The molecular formula is C11H24N2. The SMILES string of the molecule is CCCC1(N)CN(CCC(C)C)C1. The van der Waals surface area contributed by atoms with E-state index in [1.807, 2.05) is 0 Å². The van der Waals surface area contributed by atoms with Crippen molar-refractivity contribution in [2.45, 2.75) is 45.6 Å². The standard InChI is InChI=1S/C11H24N2/c1-4-6-11(12)8-13(9-11)7-5-10(2)3/h10H,4-9,12H2,1-3H3. The van der Waals surface area contributed by atoms with Gasteiger partial charge < -0.3 is 5.73 Å². The van der Waals surface area contributed by atoms with Gasteiger partial charge in [-0.25, -0.2) is 0 Å². The van der Waals surface area contributed by atoms with Crippen LogP contribution in [-0.2, 0) is 0 Å². The van der Waals surface area contributed by atoms with Gasteiger partial charge in [0.15, 0.2) is 0 Å². The Hall–Kier alpha value is -0.0800. The second-order valence-corrected chi connectivity index (χ2v) is 5.01. The Morgan fingerprint density at radius 2 is 2.00 bits per heavy atom. The van der Waals surface area contributed by atoms with E-state index in [-0.39, 0.29) is 5.54 Å². The number of hydrogen-bond acceptors (Lipinski definition) is 2. The first-order valence-corrected chi connectivity index (χ1v) is 5.57. The molecule has 0 aromatic rings. The van der Waals surface area contributed by atoms with Gasteiger partial charge in [-0.15, -0.1) is 0 Å². The van der Waals surface area contributed by atoms with Crippen LogP contribution >= 0.6 is 0 Å². The Morgan fingerprint density at radius 3 is 2.46 bits per heavy atom. The highest BCUT2D eigenvalue weighted by Crippen LogP contribution is 2.23. The highest BCUT2D eigenvalue weighted by atomic mass is 15.2. The van der Waals surface area contributed by atoms with E-state index in [4.69, 9.17) is 5.73 Å². The highest BCUT2D eigenvalue weighted by Gasteiger charge is 2.37. The third-order valence-electron chi connectivity index (χ3n) is 2.85. The summed E-state index contributed by atoms with van der Waals surface area (Å²) in [6, 6.07) is 0. The molecule has 0 amide bonds. The third kappa shape index (κ3) is 3.28. The van der Waals surface area contributed by atoms with E-state index < -0.39 is 0 Å². The molecule has 0 unspecified atom stereocenters. The normalized spacial score (nSPS) is 21.9. The van der Waals surface area contributed by atoms with Gasteiger partial charge in [-0.3, -0.25) is 4.90 Å². The summed E-state index contributed by atoms with van der Waals surface area (Å²) in [5, 5.41) is 0. The fourth-order valence-corrected chi connectivity index (χ4v) is 2.10. The van der Waals surface area contributed by atoms with Gasteiger partial charge in [-0.1, -0.05) is 27.2 Å². The van der Waals surface area contributed by atoms with Crippen LogP contribution < -0.4 is 5.73 Å². The van der Waals surface area contributed by atoms with Gasteiger partial charge in [0.25, 0.3) is 0 Å². The molecule has 0 saturated carbocycles. The molecule has 0 radical (unpaired) electrons. The van der Waals surface area contributed by atoms with Crippen LogP contribution in [0.15, 0.2) is 0 Å². The van der Waals surface area contributed by atoms with Crippen LogP contribution in [0.5, 0.6) is 0 Å². The average molecular weight is 184 g/mol. The highest BCUT2D eigenvalue weighted by molar-refractivity contribution is 4.99. The summed E-state index contributed by atoms with van der Waals surface area (Å²) in [5.41, 5.74) is 6.33. The average Bonchev–Trinajstić information content (AvgIpc) is 1.97. The molecule has 1 fully saturated rings. The van der Waals surface area contributed by atoms with Crippen molar-refractivity contribution in [2.24, 2.45) is 11.7 Å². The predicted octanol–water partition coefficient (Wildman–Crippen LogP) is 1.85. The van der Waals surface area contributed by atoms with Crippen molar-refractivity contribution in [1.29, 1.82) is 0 Å². The molecular weight excluding hydrogens is 160 g/mol. The molecule has 0 aromatic carbocycles. The van der Waals surface area contributed by atoms with Crippen molar-refractivity contribution in [2.75, 3.05) is 19.6 Å². The number of nitrogens with zero attached hydrogens (tertiary/aromatic N) is 1.